The van der Waals surface area contributed by atoms with E-state index in [0.29, 0.717) is 18.1 Å². The second-order valence-corrected chi connectivity index (χ2v) is 9.77. The summed E-state index contributed by atoms with van der Waals surface area (Å²) in [5.41, 5.74) is 3.77. The van der Waals surface area contributed by atoms with Crippen LogP contribution in [0, 0.1) is 6.92 Å². The molecule has 0 bridgehead atoms. The minimum atomic E-state index is -3.68. The monoisotopic (exact) mass is 446 g/mol. The molecule has 9 heteroatoms. The molecule has 0 radical (unpaired) electrons. The molecule has 0 aliphatic carbocycles. The maximum atomic E-state index is 12.9. The van der Waals surface area contributed by atoms with Crippen LogP contribution in [0.15, 0.2) is 53.9 Å². The lowest BCUT2D eigenvalue weighted by molar-refractivity contribution is -0.00510. The lowest BCUT2D eigenvalue weighted by atomic mass is 10.0. The van der Waals surface area contributed by atoms with E-state index in [1.54, 1.807) is 11.6 Å². The van der Waals surface area contributed by atoms with E-state index >= 15 is 0 Å². The number of rotatable bonds is 5. The van der Waals surface area contributed by atoms with Crippen molar-refractivity contribution in [2.45, 2.75) is 24.5 Å². The van der Waals surface area contributed by atoms with Gasteiger partial charge in [0.05, 0.1) is 18.6 Å². The fourth-order valence-corrected chi connectivity index (χ4v) is 5.20. The predicted octanol–water partition coefficient (Wildman–Crippen LogP) is 3.13. The van der Waals surface area contributed by atoms with Crippen LogP contribution >= 0.6 is 11.6 Å². The number of halogens is 1. The SMILES string of the molecule is Cc1cc(Cc2cccc(Cl)c2)cc(C2CN(S(=O)(=O)c3cn(C)cn3)CCO2)n1. The lowest BCUT2D eigenvalue weighted by Crippen LogP contribution is -2.42. The van der Waals surface area contributed by atoms with Crippen LogP contribution in [0.25, 0.3) is 0 Å². The molecule has 4 rings (SSSR count). The van der Waals surface area contributed by atoms with Gasteiger partial charge in [-0.3, -0.25) is 4.98 Å². The van der Waals surface area contributed by atoms with Crippen LogP contribution in [0.4, 0.5) is 0 Å². The highest BCUT2D eigenvalue weighted by Crippen LogP contribution is 2.26. The molecule has 158 valence electrons. The van der Waals surface area contributed by atoms with Crippen molar-refractivity contribution in [1.82, 2.24) is 18.8 Å². The first-order valence-corrected chi connectivity index (χ1v) is 11.4. The summed E-state index contributed by atoms with van der Waals surface area (Å²) in [5.74, 6) is 0. The van der Waals surface area contributed by atoms with Gasteiger partial charge in [0.25, 0.3) is 10.0 Å². The average molecular weight is 447 g/mol. The number of ether oxygens (including phenoxy) is 1. The molecule has 30 heavy (non-hydrogen) atoms. The number of aryl methyl sites for hydroxylation is 2. The molecule has 3 heterocycles. The Kier molecular flexibility index (Phi) is 5.92. The van der Waals surface area contributed by atoms with Gasteiger partial charge < -0.3 is 9.30 Å². The van der Waals surface area contributed by atoms with E-state index in [9.17, 15) is 8.42 Å². The molecule has 0 amide bonds. The lowest BCUT2D eigenvalue weighted by Gasteiger charge is -2.31. The Hall–Kier alpha value is -2.26. The fourth-order valence-electron chi connectivity index (χ4n) is 3.59. The molecule has 3 aromatic rings. The van der Waals surface area contributed by atoms with Crippen LogP contribution in [-0.2, 0) is 28.2 Å². The van der Waals surface area contributed by atoms with Crippen LogP contribution in [0.2, 0.25) is 5.02 Å². The molecule has 1 fully saturated rings. The van der Waals surface area contributed by atoms with Gasteiger partial charge in [-0.25, -0.2) is 13.4 Å². The first-order chi connectivity index (χ1) is 14.3. The van der Waals surface area contributed by atoms with Crippen LogP contribution < -0.4 is 0 Å². The van der Waals surface area contributed by atoms with Crippen LogP contribution in [-0.4, -0.2) is 47.0 Å². The van der Waals surface area contributed by atoms with Crippen LogP contribution in [0.1, 0.15) is 28.6 Å². The van der Waals surface area contributed by atoms with E-state index in [1.165, 1.54) is 16.8 Å². The molecule has 7 nitrogen and oxygen atoms in total. The van der Waals surface area contributed by atoms with E-state index in [4.69, 9.17) is 16.3 Å². The van der Waals surface area contributed by atoms with E-state index in [2.05, 4.69) is 9.97 Å². The van der Waals surface area contributed by atoms with E-state index in [1.807, 2.05) is 43.3 Å². The second-order valence-electron chi connectivity index (χ2n) is 7.45. The third-order valence-corrected chi connectivity index (χ3v) is 6.96. The molecular weight excluding hydrogens is 424 g/mol. The molecule has 1 unspecified atom stereocenters. The van der Waals surface area contributed by atoms with Gasteiger partial charge >= 0.3 is 0 Å². The minimum absolute atomic E-state index is 0.0458. The van der Waals surface area contributed by atoms with Crippen molar-refractivity contribution in [3.8, 4) is 0 Å². The summed E-state index contributed by atoms with van der Waals surface area (Å²) in [5, 5.41) is 0.744. The predicted molar refractivity (Wildman–Crippen MR) is 114 cm³/mol. The van der Waals surface area contributed by atoms with Crippen molar-refractivity contribution in [3.63, 3.8) is 0 Å². The Morgan fingerprint density at radius 2 is 2.07 bits per heavy atom. The number of morpholine rings is 1. The van der Waals surface area contributed by atoms with Crippen molar-refractivity contribution in [2.24, 2.45) is 7.05 Å². The molecule has 0 saturated carbocycles. The van der Waals surface area contributed by atoms with Crippen molar-refractivity contribution < 1.29 is 13.2 Å². The quantitative estimate of drug-likeness (QED) is 0.601. The number of imidazole rings is 1. The van der Waals surface area contributed by atoms with Gasteiger partial charge in [0.2, 0.25) is 0 Å². The van der Waals surface area contributed by atoms with Crippen molar-refractivity contribution in [2.75, 3.05) is 19.7 Å². The Bertz CT molecular complexity index is 1160. The fraction of sp³-hybridized carbons (Fsp3) is 0.333. The zero-order valence-electron chi connectivity index (χ0n) is 16.8. The molecular formula is C21H23ClN4O3S. The summed E-state index contributed by atoms with van der Waals surface area (Å²) in [6.45, 7) is 2.72. The number of sulfonamides is 1. The third-order valence-electron chi connectivity index (χ3n) is 4.97. The van der Waals surface area contributed by atoms with Gasteiger partial charge in [-0.2, -0.15) is 4.31 Å². The molecule has 0 N–H and O–H groups in total. The second kappa shape index (κ2) is 8.47. The Morgan fingerprint density at radius 1 is 1.23 bits per heavy atom. The zero-order chi connectivity index (χ0) is 21.3. The van der Waals surface area contributed by atoms with E-state index in [-0.39, 0.29) is 18.1 Å². The Balaban J connectivity index is 1.57. The molecule has 1 aromatic carbocycles. The molecule has 1 aliphatic heterocycles. The zero-order valence-corrected chi connectivity index (χ0v) is 18.4. The van der Waals surface area contributed by atoms with Gasteiger partial charge in [0.1, 0.15) is 6.10 Å². The summed E-state index contributed by atoms with van der Waals surface area (Å²) in [6, 6.07) is 11.7. The highest BCUT2D eigenvalue weighted by molar-refractivity contribution is 7.89. The summed E-state index contributed by atoms with van der Waals surface area (Å²) in [7, 11) is -1.93. The molecule has 2 aromatic heterocycles. The third kappa shape index (κ3) is 4.57. The minimum Gasteiger partial charge on any atom is -0.369 e. The van der Waals surface area contributed by atoms with Crippen LogP contribution in [0.3, 0.4) is 0 Å². The molecule has 0 spiro atoms. The van der Waals surface area contributed by atoms with Gasteiger partial charge in [0.15, 0.2) is 5.03 Å². The molecule has 1 atom stereocenters. The summed E-state index contributed by atoms with van der Waals surface area (Å²) < 4.78 is 34.8. The number of nitrogens with zero attached hydrogens (tertiary/aromatic N) is 4. The molecule has 1 saturated heterocycles. The Labute approximate surface area is 181 Å². The van der Waals surface area contributed by atoms with Gasteiger partial charge in [-0.1, -0.05) is 23.7 Å². The largest absolute Gasteiger partial charge is 0.369 e. The maximum Gasteiger partial charge on any atom is 0.262 e. The topological polar surface area (TPSA) is 77.3 Å². The summed E-state index contributed by atoms with van der Waals surface area (Å²) in [4.78, 5) is 8.63. The summed E-state index contributed by atoms with van der Waals surface area (Å²) >= 11 is 6.10. The highest BCUT2D eigenvalue weighted by Gasteiger charge is 2.33. The normalized spacial score (nSPS) is 17.9. The van der Waals surface area contributed by atoms with Crippen LogP contribution in [0.5, 0.6) is 0 Å². The van der Waals surface area contributed by atoms with Gasteiger partial charge in [-0.05, 0) is 48.7 Å². The van der Waals surface area contributed by atoms with Crippen molar-refractivity contribution in [3.05, 3.63) is 76.5 Å². The van der Waals surface area contributed by atoms with Crippen molar-refractivity contribution >= 4 is 21.6 Å². The van der Waals surface area contributed by atoms with E-state index < -0.39 is 16.1 Å². The number of pyridine rings is 1. The van der Waals surface area contributed by atoms with Gasteiger partial charge in [-0.15, -0.1) is 0 Å². The van der Waals surface area contributed by atoms with Gasteiger partial charge in [0, 0.05) is 37.1 Å². The standard InChI is InChI=1S/C21H23ClN4O3S/c1-15-8-17(9-16-4-3-5-18(22)10-16)11-19(24-15)20-12-26(6-7-29-20)30(27,28)21-13-25(2)14-23-21/h3-5,8,10-11,13-14,20H,6-7,9,12H2,1-2H3. The number of aromatic nitrogens is 3. The number of hydrogen-bond donors (Lipinski definition) is 0. The maximum absolute atomic E-state index is 12.9. The number of benzene rings is 1. The first-order valence-electron chi connectivity index (χ1n) is 9.63. The van der Waals surface area contributed by atoms with Crippen molar-refractivity contribution in [1.29, 1.82) is 0 Å². The highest BCUT2D eigenvalue weighted by atomic mass is 35.5. The number of hydrogen-bond acceptors (Lipinski definition) is 5. The smallest absolute Gasteiger partial charge is 0.262 e. The van der Waals surface area contributed by atoms with E-state index in [0.717, 1.165) is 22.5 Å². The average Bonchev–Trinajstić information content (AvgIpc) is 3.15. The summed E-state index contributed by atoms with van der Waals surface area (Å²) in [6.07, 6.45) is 3.26. The molecule has 1 aliphatic rings. The Morgan fingerprint density at radius 3 is 2.80 bits per heavy atom. The first kappa shape index (κ1) is 21.0.